The van der Waals surface area contributed by atoms with Crippen molar-refractivity contribution in [1.29, 1.82) is 0 Å². The van der Waals surface area contributed by atoms with Crippen LogP contribution >= 0.6 is 0 Å². The molecule has 5 heteroatoms. The van der Waals surface area contributed by atoms with Crippen molar-refractivity contribution < 1.29 is 9.90 Å². The summed E-state index contributed by atoms with van der Waals surface area (Å²) in [6.45, 7) is 0.392. The molecule has 4 N–H and O–H groups in total. The molecule has 1 aliphatic rings. The molecular formula is C16H21N3O2. The number of carbonyl (C=O) groups excluding carboxylic acids is 1. The zero-order valence-corrected chi connectivity index (χ0v) is 12.0. The summed E-state index contributed by atoms with van der Waals surface area (Å²) in [6.07, 6.45) is 6.11. The van der Waals surface area contributed by atoms with E-state index >= 15 is 0 Å². The summed E-state index contributed by atoms with van der Waals surface area (Å²) in [4.78, 5) is 17.8. The molecular weight excluding hydrogens is 266 g/mol. The highest BCUT2D eigenvalue weighted by molar-refractivity contribution is 6.07. The molecule has 0 saturated heterocycles. The SMILES string of the molecule is Nc1ccc2c(C(=O)N(CCO)C3CCCC3)c[nH]c2c1. The molecule has 21 heavy (non-hydrogen) atoms. The molecule has 5 nitrogen and oxygen atoms in total. The number of hydrogen-bond donors (Lipinski definition) is 3. The molecule has 3 rings (SSSR count). The molecule has 2 aromatic rings. The summed E-state index contributed by atoms with van der Waals surface area (Å²) in [7, 11) is 0. The van der Waals surface area contributed by atoms with Crippen LogP contribution in [0.4, 0.5) is 5.69 Å². The van der Waals surface area contributed by atoms with Gasteiger partial charge in [-0.05, 0) is 31.0 Å². The minimum Gasteiger partial charge on any atom is -0.399 e. The third-order valence-electron chi connectivity index (χ3n) is 4.30. The van der Waals surface area contributed by atoms with E-state index in [2.05, 4.69) is 4.98 Å². The number of aliphatic hydroxyl groups excluding tert-OH is 1. The van der Waals surface area contributed by atoms with Gasteiger partial charge in [0.25, 0.3) is 5.91 Å². The molecule has 0 aliphatic heterocycles. The van der Waals surface area contributed by atoms with Crippen LogP contribution in [0.2, 0.25) is 0 Å². The fourth-order valence-electron chi connectivity index (χ4n) is 3.25. The minimum absolute atomic E-state index is 0.00244. The number of hydrogen-bond acceptors (Lipinski definition) is 3. The van der Waals surface area contributed by atoms with Crippen molar-refractivity contribution >= 4 is 22.5 Å². The molecule has 1 aliphatic carbocycles. The molecule has 1 aromatic heterocycles. The highest BCUT2D eigenvalue weighted by Crippen LogP contribution is 2.27. The maximum absolute atomic E-state index is 12.8. The van der Waals surface area contributed by atoms with Gasteiger partial charge in [-0.2, -0.15) is 0 Å². The van der Waals surface area contributed by atoms with Gasteiger partial charge in [-0.25, -0.2) is 0 Å². The second kappa shape index (κ2) is 5.77. The minimum atomic E-state index is -0.00743. The number of aromatic nitrogens is 1. The van der Waals surface area contributed by atoms with Gasteiger partial charge in [0.05, 0.1) is 12.2 Å². The average Bonchev–Trinajstić information content (AvgIpc) is 3.12. The highest BCUT2D eigenvalue weighted by Gasteiger charge is 2.28. The lowest BCUT2D eigenvalue weighted by molar-refractivity contribution is 0.0640. The second-order valence-corrected chi connectivity index (χ2v) is 5.67. The fraction of sp³-hybridized carbons (Fsp3) is 0.438. The maximum Gasteiger partial charge on any atom is 0.256 e. The van der Waals surface area contributed by atoms with Crippen LogP contribution in [0.25, 0.3) is 10.9 Å². The van der Waals surface area contributed by atoms with Crippen LogP contribution in [-0.4, -0.2) is 40.1 Å². The van der Waals surface area contributed by atoms with Crippen molar-refractivity contribution in [1.82, 2.24) is 9.88 Å². The number of H-pyrrole nitrogens is 1. The van der Waals surface area contributed by atoms with E-state index in [0.717, 1.165) is 36.6 Å². The van der Waals surface area contributed by atoms with Crippen molar-refractivity contribution in [2.75, 3.05) is 18.9 Å². The van der Waals surface area contributed by atoms with E-state index in [1.54, 1.807) is 12.3 Å². The van der Waals surface area contributed by atoms with E-state index in [1.165, 1.54) is 0 Å². The van der Waals surface area contributed by atoms with E-state index in [0.29, 0.717) is 17.8 Å². The van der Waals surface area contributed by atoms with Gasteiger partial charge in [-0.15, -0.1) is 0 Å². The van der Waals surface area contributed by atoms with E-state index in [4.69, 9.17) is 5.73 Å². The summed E-state index contributed by atoms with van der Waals surface area (Å²) in [5.41, 5.74) is 7.97. The second-order valence-electron chi connectivity index (χ2n) is 5.67. The third-order valence-corrected chi connectivity index (χ3v) is 4.30. The number of nitrogen functional groups attached to an aromatic ring is 1. The van der Waals surface area contributed by atoms with Crippen LogP contribution in [0, 0.1) is 0 Å². The number of benzene rings is 1. The number of aromatic amines is 1. The van der Waals surface area contributed by atoms with Gasteiger partial charge in [-0.3, -0.25) is 4.79 Å². The first-order valence-corrected chi connectivity index (χ1v) is 7.49. The first-order valence-electron chi connectivity index (χ1n) is 7.49. The van der Waals surface area contributed by atoms with Crippen LogP contribution < -0.4 is 5.73 Å². The Balaban J connectivity index is 1.93. The van der Waals surface area contributed by atoms with E-state index in [9.17, 15) is 9.90 Å². The standard InChI is InChI=1S/C16H21N3O2/c17-11-5-6-13-14(10-18-15(13)9-11)16(21)19(7-8-20)12-3-1-2-4-12/h5-6,9-10,12,18,20H,1-4,7-8,17H2. The van der Waals surface area contributed by atoms with Gasteiger partial charge in [0.2, 0.25) is 0 Å². The number of amides is 1. The summed E-state index contributed by atoms with van der Waals surface area (Å²) in [6, 6.07) is 5.76. The number of nitrogens with one attached hydrogen (secondary N) is 1. The van der Waals surface area contributed by atoms with Crippen molar-refractivity contribution in [3.05, 3.63) is 30.0 Å². The Bertz CT molecular complexity index is 644. The fourth-order valence-corrected chi connectivity index (χ4v) is 3.25. The largest absolute Gasteiger partial charge is 0.399 e. The normalized spacial score (nSPS) is 15.7. The summed E-state index contributed by atoms with van der Waals surface area (Å²) >= 11 is 0. The Morgan fingerprint density at radius 2 is 2.14 bits per heavy atom. The number of nitrogens with two attached hydrogens (primary N) is 1. The molecule has 112 valence electrons. The van der Waals surface area contributed by atoms with Gasteiger partial charge in [0.15, 0.2) is 0 Å². The zero-order chi connectivity index (χ0) is 14.8. The van der Waals surface area contributed by atoms with Crippen molar-refractivity contribution in [3.8, 4) is 0 Å². The molecule has 0 unspecified atom stereocenters. The van der Waals surface area contributed by atoms with Crippen LogP contribution in [0.3, 0.4) is 0 Å². The van der Waals surface area contributed by atoms with Crippen molar-refractivity contribution in [2.45, 2.75) is 31.7 Å². The van der Waals surface area contributed by atoms with Crippen LogP contribution in [-0.2, 0) is 0 Å². The lowest BCUT2D eigenvalue weighted by Gasteiger charge is -2.28. The summed E-state index contributed by atoms with van der Waals surface area (Å²) in [5.74, 6) is -0.00743. The highest BCUT2D eigenvalue weighted by atomic mass is 16.3. The summed E-state index contributed by atoms with van der Waals surface area (Å²) in [5, 5.41) is 10.2. The van der Waals surface area contributed by atoms with Gasteiger partial charge < -0.3 is 20.7 Å². The predicted molar refractivity (Wildman–Crippen MR) is 83.1 cm³/mol. The number of carbonyl (C=O) groups is 1. The monoisotopic (exact) mass is 287 g/mol. The van der Waals surface area contributed by atoms with Crippen LogP contribution in [0.15, 0.2) is 24.4 Å². The van der Waals surface area contributed by atoms with E-state index < -0.39 is 0 Å². The number of rotatable bonds is 4. The lowest BCUT2D eigenvalue weighted by atomic mass is 10.1. The first kappa shape index (κ1) is 13.9. The predicted octanol–water partition coefficient (Wildman–Crippen LogP) is 2.13. The Hall–Kier alpha value is -2.01. The van der Waals surface area contributed by atoms with Crippen LogP contribution in [0.5, 0.6) is 0 Å². The van der Waals surface area contributed by atoms with Gasteiger partial charge >= 0.3 is 0 Å². The molecule has 1 saturated carbocycles. The zero-order valence-electron chi connectivity index (χ0n) is 12.0. The van der Waals surface area contributed by atoms with Crippen molar-refractivity contribution in [2.24, 2.45) is 0 Å². The smallest absolute Gasteiger partial charge is 0.256 e. The number of nitrogens with zero attached hydrogens (tertiary/aromatic N) is 1. The topological polar surface area (TPSA) is 82.3 Å². The number of anilines is 1. The molecule has 1 aromatic carbocycles. The van der Waals surface area contributed by atoms with Gasteiger partial charge in [0.1, 0.15) is 0 Å². The average molecular weight is 287 g/mol. The lowest BCUT2D eigenvalue weighted by Crippen LogP contribution is -2.40. The number of aliphatic hydroxyl groups is 1. The maximum atomic E-state index is 12.8. The van der Waals surface area contributed by atoms with E-state index in [1.807, 2.05) is 17.0 Å². The van der Waals surface area contributed by atoms with Crippen molar-refractivity contribution in [3.63, 3.8) is 0 Å². The van der Waals surface area contributed by atoms with Crippen LogP contribution in [0.1, 0.15) is 36.0 Å². The molecule has 1 heterocycles. The quantitative estimate of drug-likeness (QED) is 0.753. The Kier molecular flexibility index (Phi) is 3.84. The Morgan fingerprint density at radius 3 is 2.86 bits per heavy atom. The number of fused-ring (bicyclic) bond motifs is 1. The van der Waals surface area contributed by atoms with E-state index in [-0.39, 0.29) is 18.6 Å². The molecule has 0 radical (unpaired) electrons. The molecule has 0 atom stereocenters. The molecule has 0 bridgehead atoms. The third kappa shape index (κ3) is 2.61. The Labute approximate surface area is 123 Å². The Morgan fingerprint density at radius 1 is 1.38 bits per heavy atom. The summed E-state index contributed by atoms with van der Waals surface area (Å²) < 4.78 is 0. The van der Waals surface area contributed by atoms with Gasteiger partial charge in [-0.1, -0.05) is 12.8 Å². The molecule has 1 fully saturated rings. The molecule has 1 amide bonds. The molecule has 0 spiro atoms. The van der Waals surface area contributed by atoms with Gasteiger partial charge in [0, 0.05) is 35.4 Å². The first-order chi connectivity index (χ1) is 10.2.